The molecule has 3 rings (SSSR count). The summed E-state index contributed by atoms with van der Waals surface area (Å²) < 4.78 is 18.4. The molecule has 2 heterocycles. The van der Waals surface area contributed by atoms with E-state index in [1.807, 2.05) is 6.07 Å². The van der Waals surface area contributed by atoms with Crippen molar-refractivity contribution in [1.82, 2.24) is 10.2 Å². The third-order valence-corrected chi connectivity index (χ3v) is 3.51. The van der Waals surface area contributed by atoms with E-state index < -0.39 is 0 Å². The molecule has 23 heavy (non-hydrogen) atoms. The van der Waals surface area contributed by atoms with Gasteiger partial charge in [-0.3, -0.25) is 4.79 Å². The van der Waals surface area contributed by atoms with Crippen LogP contribution in [0.4, 0.5) is 16.0 Å². The van der Waals surface area contributed by atoms with Gasteiger partial charge in [-0.05, 0) is 29.8 Å². The van der Waals surface area contributed by atoms with E-state index >= 15 is 0 Å². The van der Waals surface area contributed by atoms with Gasteiger partial charge in [0.25, 0.3) is 0 Å². The van der Waals surface area contributed by atoms with Crippen LogP contribution < -0.4 is 10.2 Å². The van der Waals surface area contributed by atoms with E-state index in [4.69, 9.17) is 4.74 Å². The Balaban J connectivity index is 1.58. The van der Waals surface area contributed by atoms with Gasteiger partial charge < -0.3 is 15.0 Å². The molecule has 120 valence electrons. The number of hydrogen-bond acceptors (Lipinski definition) is 5. The largest absolute Gasteiger partial charge is 0.378 e. The monoisotopic (exact) mass is 316 g/mol. The van der Waals surface area contributed by atoms with E-state index in [-0.39, 0.29) is 18.1 Å². The zero-order chi connectivity index (χ0) is 16.1. The smallest absolute Gasteiger partial charge is 0.229 e. The lowest BCUT2D eigenvalue weighted by Gasteiger charge is -2.27. The fourth-order valence-corrected chi connectivity index (χ4v) is 2.37. The first-order chi connectivity index (χ1) is 11.2. The Morgan fingerprint density at radius 3 is 2.74 bits per heavy atom. The fourth-order valence-electron chi connectivity index (χ4n) is 2.37. The van der Waals surface area contributed by atoms with Crippen molar-refractivity contribution in [2.24, 2.45) is 0 Å². The SMILES string of the molecule is O=C(Cc1cccc(F)c1)Nc1ccc(N2CCOCC2)nn1. The Hall–Kier alpha value is -2.54. The zero-order valence-electron chi connectivity index (χ0n) is 12.5. The number of anilines is 2. The molecule has 7 heteroatoms. The lowest BCUT2D eigenvalue weighted by atomic mass is 10.1. The van der Waals surface area contributed by atoms with Gasteiger partial charge in [0.15, 0.2) is 11.6 Å². The molecule has 1 fully saturated rings. The van der Waals surface area contributed by atoms with Crippen LogP contribution in [0.3, 0.4) is 0 Å². The normalized spacial score (nSPS) is 14.6. The lowest BCUT2D eigenvalue weighted by molar-refractivity contribution is -0.115. The summed E-state index contributed by atoms with van der Waals surface area (Å²) in [6.07, 6.45) is 0.0880. The summed E-state index contributed by atoms with van der Waals surface area (Å²) >= 11 is 0. The Kier molecular flexibility index (Phi) is 4.77. The van der Waals surface area contributed by atoms with E-state index in [0.29, 0.717) is 24.6 Å². The van der Waals surface area contributed by atoms with Crippen molar-refractivity contribution in [3.8, 4) is 0 Å². The molecule has 1 aliphatic rings. The Morgan fingerprint density at radius 1 is 1.22 bits per heavy atom. The third-order valence-electron chi connectivity index (χ3n) is 3.51. The molecule has 1 amide bonds. The van der Waals surface area contributed by atoms with Gasteiger partial charge in [-0.25, -0.2) is 4.39 Å². The number of hydrogen-bond donors (Lipinski definition) is 1. The summed E-state index contributed by atoms with van der Waals surface area (Å²) in [7, 11) is 0. The molecular weight excluding hydrogens is 299 g/mol. The van der Waals surface area contributed by atoms with Gasteiger partial charge in [0.05, 0.1) is 19.6 Å². The Morgan fingerprint density at radius 2 is 2.04 bits per heavy atom. The number of nitrogens with one attached hydrogen (secondary N) is 1. The molecule has 1 aromatic carbocycles. The van der Waals surface area contributed by atoms with Gasteiger partial charge in [0.2, 0.25) is 5.91 Å². The van der Waals surface area contributed by atoms with Crippen LogP contribution in [0.2, 0.25) is 0 Å². The quantitative estimate of drug-likeness (QED) is 0.929. The number of aromatic nitrogens is 2. The van der Waals surface area contributed by atoms with Crippen LogP contribution >= 0.6 is 0 Å². The van der Waals surface area contributed by atoms with Crippen molar-refractivity contribution in [2.45, 2.75) is 6.42 Å². The van der Waals surface area contributed by atoms with Gasteiger partial charge in [-0.1, -0.05) is 12.1 Å². The maximum atomic E-state index is 13.1. The van der Waals surface area contributed by atoms with Gasteiger partial charge in [0, 0.05) is 13.1 Å². The van der Waals surface area contributed by atoms with Crippen molar-refractivity contribution < 1.29 is 13.9 Å². The number of carbonyl (C=O) groups is 1. The molecule has 0 unspecified atom stereocenters. The number of carbonyl (C=O) groups excluding carboxylic acids is 1. The molecule has 6 nitrogen and oxygen atoms in total. The van der Waals surface area contributed by atoms with Crippen molar-refractivity contribution in [1.29, 1.82) is 0 Å². The molecule has 0 saturated carbocycles. The van der Waals surface area contributed by atoms with Crippen LogP contribution in [0.25, 0.3) is 0 Å². The second-order valence-electron chi connectivity index (χ2n) is 5.23. The first-order valence-electron chi connectivity index (χ1n) is 7.41. The summed E-state index contributed by atoms with van der Waals surface area (Å²) in [6.45, 7) is 2.90. The number of nitrogens with zero attached hydrogens (tertiary/aromatic N) is 3. The predicted octanol–water partition coefficient (Wildman–Crippen LogP) is 1.63. The van der Waals surface area contributed by atoms with E-state index in [0.717, 1.165) is 18.9 Å². The Bertz CT molecular complexity index is 672. The summed E-state index contributed by atoms with van der Waals surface area (Å²) in [6, 6.07) is 9.49. The second kappa shape index (κ2) is 7.15. The topological polar surface area (TPSA) is 67.4 Å². The molecule has 0 atom stereocenters. The van der Waals surface area contributed by atoms with Gasteiger partial charge in [-0.2, -0.15) is 0 Å². The number of ether oxygens (including phenoxy) is 1. The average molecular weight is 316 g/mol. The van der Waals surface area contributed by atoms with Crippen molar-refractivity contribution in [2.75, 3.05) is 36.5 Å². The molecule has 1 aromatic heterocycles. The maximum absolute atomic E-state index is 13.1. The number of halogens is 1. The number of benzene rings is 1. The molecule has 0 bridgehead atoms. The van der Waals surface area contributed by atoms with Crippen LogP contribution in [-0.4, -0.2) is 42.4 Å². The number of amides is 1. The zero-order valence-corrected chi connectivity index (χ0v) is 12.5. The molecule has 1 N–H and O–H groups in total. The van der Waals surface area contributed by atoms with Crippen molar-refractivity contribution in [3.63, 3.8) is 0 Å². The van der Waals surface area contributed by atoms with E-state index in [1.54, 1.807) is 18.2 Å². The molecular formula is C16H17FN4O2. The first kappa shape index (κ1) is 15.4. The number of rotatable bonds is 4. The summed E-state index contributed by atoms with van der Waals surface area (Å²) in [5.41, 5.74) is 0.611. The minimum Gasteiger partial charge on any atom is -0.378 e. The maximum Gasteiger partial charge on any atom is 0.229 e. The second-order valence-corrected chi connectivity index (χ2v) is 5.23. The molecule has 0 radical (unpaired) electrons. The minimum absolute atomic E-state index is 0.0880. The molecule has 1 aliphatic heterocycles. The Labute approximate surface area is 133 Å². The van der Waals surface area contributed by atoms with Crippen LogP contribution in [-0.2, 0) is 16.0 Å². The fraction of sp³-hybridized carbons (Fsp3) is 0.312. The predicted molar refractivity (Wildman–Crippen MR) is 83.8 cm³/mol. The number of morpholine rings is 1. The van der Waals surface area contributed by atoms with Crippen LogP contribution in [0, 0.1) is 5.82 Å². The summed E-state index contributed by atoms with van der Waals surface area (Å²) in [5, 5.41) is 10.8. The van der Waals surface area contributed by atoms with Crippen molar-refractivity contribution >= 4 is 17.5 Å². The van der Waals surface area contributed by atoms with Crippen LogP contribution in [0.1, 0.15) is 5.56 Å². The van der Waals surface area contributed by atoms with Crippen LogP contribution in [0.5, 0.6) is 0 Å². The average Bonchev–Trinajstić information content (AvgIpc) is 2.56. The highest BCUT2D eigenvalue weighted by Crippen LogP contribution is 2.13. The van der Waals surface area contributed by atoms with Crippen LogP contribution in [0.15, 0.2) is 36.4 Å². The van der Waals surface area contributed by atoms with E-state index in [2.05, 4.69) is 20.4 Å². The highest BCUT2D eigenvalue weighted by molar-refractivity contribution is 5.91. The van der Waals surface area contributed by atoms with Gasteiger partial charge in [0.1, 0.15) is 5.82 Å². The first-order valence-corrected chi connectivity index (χ1v) is 7.41. The minimum atomic E-state index is -0.357. The molecule has 0 spiro atoms. The molecule has 0 aliphatic carbocycles. The van der Waals surface area contributed by atoms with Crippen molar-refractivity contribution in [3.05, 3.63) is 47.8 Å². The molecule has 2 aromatic rings. The highest BCUT2D eigenvalue weighted by Gasteiger charge is 2.13. The van der Waals surface area contributed by atoms with Gasteiger partial charge >= 0.3 is 0 Å². The standard InChI is InChI=1S/C16H17FN4O2/c17-13-3-1-2-12(10-13)11-16(22)18-14-4-5-15(20-19-14)21-6-8-23-9-7-21/h1-5,10H,6-9,11H2,(H,18,19,22). The van der Waals surface area contributed by atoms with E-state index in [1.165, 1.54) is 12.1 Å². The summed E-state index contributed by atoms with van der Waals surface area (Å²) in [4.78, 5) is 14.0. The van der Waals surface area contributed by atoms with Gasteiger partial charge in [-0.15, -0.1) is 10.2 Å². The summed E-state index contributed by atoms with van der Waals surface area (Å²) in [5.74, 6) is 0.522. The highest BCUT2D eigenvalue weighted by atomic mass is 19.1. The third kappa shape index (κ3) is 4.23. The van der Waals surface area contributed by atoms with E-state index in [9.17, 15) is 9.18 Å². The molecule has 1 saturated heterocycles. The lowest BCUT2D eigenvalue weighted by Crippen LogP contribution is -2.36.